The Balaban J connectivity index is 1.57. The molecular formula is C18H16ClN3O3. The first-order valence-corrected chi connectivity index (χ1v) is 8.46. The molecule has 0 aliphatic carbocycles. The van der Waals surface area contributed by atoms with Gasteiger partial charge in [-0.15, -0.1) is 0 Å². The van der Waals surface area contributed by atoms with Gasteiger partial charge in [-0.25, -0.2) is 0 Å². The van der Waals surface area contributed by atoms with E-state index < -0.39 is 0 Å². The number of rotatable bonds is 3. The van der Waals surface area contributed by atoms with Crippen molar-refractivity contribution in [2.45, 2.75) is 25.8 Å². The van der Waals surface area contributed by atoms with Crippen molar-refractivity contribution >= 4 is 17.5 Å². The summed E-state index contributed by atoms with van der Waals surface area (Å²) in [4.78, 5) is 14.6. The number of carbonyl (C=O) groups excluding carboxylic acids is 1. The van der Waals surface area contributed by atoms with Gasteiger partial charge in [0.2, 0.25) is 0 Å². The molecule has 0 unspecified atom stereocenters. The van der Waals surface area contributed by atoms with Crippen LogP contribution in [0.1, 0.15) is 40.8 Å². The number of nitrogens with zero attached hydrogens (tertiary/aromatic N) is 3. The highest BCUT2D eigenvalue weighted by Crippen LogP contribution is 2.33. The number of amides is 1. The molecule has 1 aromatic carbocycles. The lowest BCUT2D eigenvalue weighted by Gasteiger charge is -2.21. The molecule has 0 saturated carbocycles. The quantitative estimate of drug-likeness (QED) is 0.700. The maximum atomic E-state index is 12.9. The summed E-state index contributed by atoms with van der Waals surface area (Å²) in [6.45, 7) is 2.51. The maximum absolute atomic E-state index is 12.9. The molecule has 0 bridgehead atoms. The smallest absolute Gasteiger partial charge is 0.276 e. The molecule has 25 heavy (non-hydrogen) atoms. The van der Waals surface area contributed by atoms with Crippen LogP contribution in [0, 0.1) is 6.92 Å². The van der Waals surface area contributed by atoms with Crippen LogP contribution in [0.2, 0.25) is 5.02 Å². The maximum Gasteiger partial charge on any atom is 0.276 e. The predicted octanol–water partition coefficient (Wildman–Crippen LogP) is 4.27. The molecule has 6 nitrogen and oxygen atoms in total. The van der Waals surface area contributed by atoms with E-state index in [2.05, 4.69) is 10.3 Å². The number of hydrogen-bond acceptors (Lipinski definition) is 5. The Labute approximate surface area is 149 Å². The lowest BCUT2D eigenvalue weighted by Crippen LogP contribution is -2.30. The van der Waals surface area contributed by atoms with Crippen LogP contribution in [-0.4, -0.2) is 27.7 Å². The average molecular weight is 358 g/mol. The monoisotopic (exact) mass is 357 g/mol. The molecule has 1 atom stereocenters. The van der Waals surface area contributed by atoms with Gasteiger partial charge in [-0.1, -0.05) is 21.9 Å². The van der Waals surface area contributed by atoms with Gasteiger partial charge in [0.1, 0.15) is 11.5 Å². The molecule has 3 heterocycles. The molecule has 2 aromatic heterocycles. The number of hydrogen-bond donors (Lipinski definition) is 0. The van der Waals surface area contributed by atoms with Crippen molar-refractivity contribution in [3.63, 3.8) is 0 Å². The summed E-state index contributed by atoms with van der Waals surface area (Å²) in [6.07, 6.45) is 1.78. The van der Waals surface area contributed by atoms with Gasteiger partial charge in [-0.05, 0) is 44.0 Å². The summed E-state index contributed by atoms with van der Waals surface area (Å²) in [5.41, 5.74) is 1.89. The molecular weight excluding hydrogens is 342 g/mol. The number of aromatic nitrogens is 2. The zero-order valence-electron chi connectivity index (χ0n) is 13.6. The molecule has 1 aliphatic rings. The number of aryl methyl sites for hydroxylation is 1. The second-order valence-electron chi connectivity index (χ2n) is 6.10. The normalized spacial score (nSPS) is 17.2. The Bertz CT molecular complexity index is 900. The highest BCUT2D eigenvalue weighted by Gasteiger charge is 2.34. The van der Waals surface area contributed by atoms with Crippen LogP contribution in [0.5, 0.6) is 0 Å². The van der Waals surface area contributed by atoms with E-state index in [4.69, 9.17) is 20.6 Å². The highest BCUT2D eigenvalue weighted by molar-refractivity contribution is 6.30. The molecule has 3 aromatic rings. The van der Waals surface area contributed by atoms with Crippen molar-refractivity contribution in [3.05, 3.63) is 58.6 Å². The van der Waals surface area contributed by atoms with Gasteiger partial charge in [0.25, 0.3) is 5.91 Å². The average Bonchev–Trinajstić information content (AvgIpc) is 3.35. The third-order valence-corrected chi connectivity index (χ3v) is 4.61. The third kappa shape index (κ3) is 3.05. The minimum Gasteiger partial charge on any atom is -0.361 e. The highest BCUT2D eigenvalue weighted by atomic mass is 35.5. The van der Waals surface area contributed by atoms with E-state index in [0.717, 1.165) is 29.9 Å². The second-order valence-corrected chi connectivity index (χ2v) is 6.54. The topological polar surface area (TPSA) is 72.4 Å². The van der Waals surface area contributed by atoms with E-state index in [1.165, 1.54) is 0 Å². The summed E-state index contributed by atoms with van der Waals surface area (Å²) in [5, 5.41) is 8.65. The van der Waals surface area contributed by atoms with Crippen molar-refractivity contribution in [1.29, 1.82) is 0 Å². The molecule has 4 rings (SSSR count). The van der Waals surface area contributed by atoms with Crippen molar-refractivity contribution < 1.29 is 13.8 Å². The van der Waals surface area contributed by atoms with E-state index in [-0.39, 0.29) is 17.6 Å². The first kappa shape index (κ1) is 15.9. The van der Waals surface area contributed by atoms with Crippen LogP contribution in [0.4, 0.5) is 0 Å². The SMILES string of the molecule is Cc1cc([C@@H]2CCCN2C(=O)c2cc(-c3ccc(Cl)cc3)on2)no1. The Kier molecular flexibility index (Phi) is 4.05. The zero-order chi connectivity index (χ0) is 17.4. The van der Waals surface area contributed by atoms with Crippen molar-refractivity contribution in [2.75, 3.05) is 6.54 Å². The van der Waals surface area contributed by atoms with Crippen LogP contribution >= 0.6 is 11.6 Å². The third-order valence-electron chi connectivity index (χ3n) is 4.36. The van der Waals surface area contributed by atoms with Crippen molar-refractivity contribution in [2.24, 2.45) is 0 Å². The van der Waals surface area contributed by atoms with Crippen LogP contribution in [0.15, 0.2) is 45.4 Å². The zero-order valence-corrected chi connectivity index (χ0v) is 14.4. The molecule has 0 radical (unpaired) electrons. The summed E-state index contributed by atoms with van der Waals surface area (Å²) >= 11 is 5.90. The predicted molar refractivity (Wildman–Crippen MR) is 91.2 cm³/mol. The Morgan fingerprint density at radius 2 is 2.00 bits per heavy atom. The summed E-state index contributed by atoms with van der Waals surface area (Å²) < 4.78 is 10.5. The van der Waals surface area contributed by atoms with Gasteiger partial charge >= 0.3 is 0 Å². The van der Waals surface area contributed by atoms with Crippen LogP contribution < -0.4 is 0 Å². The van der Waals surface area contributed by atoms with Crippen LogP contribution in [0.25, 0.3) is 11.3 Å². The van der Waals surface area contributed by atoms with Gasteiger partial charge in [0, 0.05) is 29.3 Å². The lowest BCUT2D eigenvalue weighted by molar-refractivity contribution is 0.0720. The van der Waals surface area contributed by atoms with Crippen molar-refractivity contribution in [1.82, 2.24) is 15.2 Å². The number of likely N-dealkylation sites (tertiary alicyclic amines) is 1. The fraction of sp³-hybridized carbons (Fsp3) is 0.278. The number of carbonyl (C=O) groups is 1. The van der Waals surface area contributed by atoms with Crippen LogP contribution in [0.3, 0.4) is 0 Å². The first-order chi connectivity index (χ1) is 12.1. The molecule has 1 amide bonds. The van der Waals surface area contributed by atoms with E-state index >= 15 is 0 Å². The molecule has 0 spiro atoms. The van der Waals surface area contributed by atoms with Gasteiger partial charge in [0.15, 0.2) is 11.5 Å². The fourth-order valence-corrected chi connectivity index (χ4v) is 3.26. The lowest BCUT2D eigenvalue weighted by atomic mass is 10.1. The minimum absolute atomic E-state index is 0.0827. The molecule has 1 aliphatic heterocycles. The van der Waals surface area contributed by atoms with Gasteiger partial charge in [-0.2, -0.15) is 0 Å². The van der Waals surface area contributed by atoms with E-state index in [0.29, 0.717) is 17.3 Å². The Morgan fingerprint density at radius 3 is 2.72 bits per heavy atom. The second kappa shape index (κ2) is 6.37. The van der Waals surface area contributed by atoms with Gasteiger partial charge in [0.05, 0.1) is 6.04 Å². The minimum atomic E-state index is -0.160. The summed E-state index contributed by atoms with van der Waals surface area (Å²) in [5.74, 6) is 1.11. The largest absolute Gasteiger partial charge is 0.361 e. The molecule has 1 fully saturated rings. The molecule has 0 N–H and O–H groups in total. The Morgan fingerprint density at radius 1 is 1.20 bits per heavy atom. The number of benzene rings is 1. The van der Waals surface area contributed by atoms with E-state index in [9.17, 15) is 4.79 Å². The standard InChI is InChI=1S/C18H16ClN3O3/c1-11-9-14(20-24-11)16-3-2-8-22(16)18(23)15-10-17(25-21-15)12-4-6-13(19)7-5-12/h4-7,9-10,16H,2-3,8H2,1H3/t16-/m0/s1. The van der Waals surface area contributed by atoms with Gasteiger partial charge in [-0.3, -0.25) is 4.79 Å². The summed E-state index contributed by atoms with van der Waals surface area (Å²) in [6, 6.07) is 10.6. The van der Waals surface area contributed by atoms with Gasteiger partial charge < -0.3 is 13.9 Å². The Hall–Kier alpha value is -2.60. The van der Waals surface area contributed by atoms with E-state index in [1.54, 1.807) is 23.1 Å². The molecule has 7 heteroatoms. The summed E-state index contributed by atoms with van der Waals surface area (Å²) in [7, 11) is 0. The molecule has 1 saturated heterocycles. The fourth-order valence-electron chi connectivity index (χ4n) is 3.13. The number of halogens is 1. The van der Waals surface area contributed by atoms with Crippen LogP contribution in [-0.2, 0) is 0 Å². The first-order valence-electron chi connectivity index (χ1n) is 8.08. The van der Waals surface area contributed by atoms with Crippen molar-refractivity contribution in [3.8, 4) is 11.3 Å². The molecule has 128 valence electrons. The van der Waals surface area contributed by atoms with E-state index in [1.807, 2.05) is 25.1 Å².